The third-order valence-electron chi connectivity index (χ3n) is 5.61. The lowest BCUT2D eigenvalue weighted by Crippen LogP contribution is -2.74. The molecule has 4 atom stereocenters. The number of aliphatic carboxylic acids is 1. The summed E-state index contributed by atoms with van der Waals surface area (Å²) in [6.45, 7) is 1.02. The standard InChI is InChI=1S/C22H29N3O8/c1-13(24)19(28)25(21(31)33-12-14-7-4-3-5-8-14)22(20(29)30)15(9-6-10-23)16(26)11-17(32-2)18(22)27/h3-5,7-8,13,15,17H,6,9-12,23-24H2,1-2H3,(H,29,30)/t13-,15?,17?,22+/m0/s1. The molecule has 2 rings (SSSR count). The molecule has 0 bridgehead atoms. The summed E-state index contributed by atoms with van der Waals surface area (Å²) < 4.78 is 10.3. The Kier molecular flexibility index (Phi) is 8.80. The molecule has 1 aromatic carbocycles. The highest BCUT2D eigenvalue weighted by molar-refractivity contribution is 6.21. The number of hydrogen-bond donors (Lipinski definition) is 3. The minimum absolute atomic E-state index is 0.0983. The van der Waals surface area contributed by atoms with Gasteiger partial charge in [-0.05, 0) is 31.9 Å². The van der Waals surface area contributed by atoms with Crippen molar-refractivity contribution in [3.8, 4) is 0 Å². The van der Waals surface area contributed by atoms with E-state index < -0.39 is 59.6 Å². The lowest BCUT2D eigenvalue weighted by atomic mass is 9.66. The van der Waals surface area contributed by atoms with Crippen LogP contribution in [0.3, 0.4) is 0 Å². The predicted octanol–water partition coefficient (Wildman–Crippen LogP) is 0.234. The van der Waals surface area contributed by atoms with Gasteiger partial charge in [0, 0.05) is 13.5 Å². The highest BCUT2D eigenvalue weighted by atomic mass is 16.6. The summed E-state index contributed by atoms with van der Waals surface area (Å²) in [6, 6.07) is 7.07. The molecule has 1 fully saturated rings. The Morgan fingerprint density at radius 3 is 2.39 bits per heavy atom. The van der Waals surface area contributed by atoms with Crippen LogP contribution in [0.2, 0.25) is 0 Å². The number of carboxylic acid groups (broad SMARTS) is 1. The Labute approximate surface area is 191 Å². The molecule has 0 spiro atoms. The zero-order chi connectivity index (χ0) is 24.8. The number of carboxylic acids is 1. The normalized spacial score (nSPS) is 23.6. The van der Waals surface area contributed by atoms with E-state index in [0.29, 0.717) is 5.56 Å². The molecule has 1 aliphatic carbocycles. The summed E-state index contributed by atoms with van der Waals surface area (Å²) in [7, 11) is 1.13. The number of carbonyl (C=O) groups excluding carboxylic acids is 4. The number of Topliss-reactive ketones (excluding diaryl/α,β-unsaturated/α-hetero) is 2. The van der Waals surface area contributed by atoms with Crippen molar-refractivity contribution in [1.29, 1.82) is 0 Å². The Bertz CT molecular complexity index is 904. The monoisotopic (exact) mass is 463 g/mol. The van der Waals surface area contributed by atoms with Crippen molar-refractivity contribution in [2.75, 3.05) is 13.7 Å². The van der Waals surface area contributed by atoms with Crippen LogP contribution in [0.1, 0.15) is 31.7 Å². The van der Waals surface area contributed by atoms with Crippen LogP contribution in [0.15, 0.2) is 30.3 Å². The fraction of sp³-hybridized carbons (Fsp3) is 0.500. The van der Waals surface area contributed by atoms with E-state index in [2.05, 4.69) is 0 Å². The maximum atomic E-state index is 13.5. The van der Waals surface area contributed by atoms with Gasteiger partial charge in [-0.2, -0.15) is 0 Å². The van der Waals surface area contributed by atoms with Crippen LogP contribution in [-0.2, 0) is 35.3 Å². The lowest BCUT2D eigenvalue weighted by Gasteiger charge is -2.46. The minimum atomic E-state index is -2.89. The van der Waals surface area contributed by atoms with E-state index in [4.69, 9.17) is 20.9 Å². The molecule has 11 heteroatoms. The van der Waals surface area contributed by atoms with E-state index in [1.807, 2.05) is 0 Å². The number of carbonyl (C=O) groups is 5. The third-order valence-corrected chi connectivity index (χ3v) is 5.61. The van der Waals surface area contributed by atoms with E-state index in [1.54, 1.807) is 30.3 Å². The van der Waals surface area contributed by atoms with Gasteiger partial charge in [0.1, 0.15) is 18.5 Å². The summed E-state index contributed by atoms with van der Waals surface area (Å²) in [5.41, 5.74) is 8.91. The van der Waals surface area contributed by atoms with Gasteiger partial charge in [-0.1, -0.05) is 30.3 Å². The molecule has 180 valence electrons. The summed E-state index contributed by atoms with van der Waals surface area (Å²) in [4.78, 5) is 65.6. The van der Waals surface area contributed by atoms with E-state index in [-0.39, 0.29) is 30.9 Å². The van der Waals surface area contributed by atoms with Gasteiger partial charge in [-0.15, -0.1) is 0 Å². The highest BCUT2D eigenvalue weighted by Crippen LogP contribution is 2.39. The number of hydrogen-bond acceptors (Lipinski definition) is 9. The van der Waals surface area contributed by atoms with Gasteiger partial charge in [0.05, 0.1) is 12.0 Å². The summed E-state index contributed by atoms with van der Waals surface area (Å²) >= 11 is 0. The molecule has 11 nitrogen and oxygen atoms in total. The van der Waals surface area contributed by atoms with Crippen molar-refractivity contribution in [3.63, 3.8) is 0 Å². The quantitative estimate of drug-likeness (QED) is 0.429. The average molecular weight is 463 g/mol. The second-order valence-electron chi connectivity index (χ2n) is 7.82. The number of amides is 2. The molecule has 5 N–H and O–H groups in total. The molecule has 1 aromatic rings. The summed E-state index contributed by atoms with van der Waals surface area (Å²) in [6.07, 6.45) is -3.22. The molecular formula is C22H29N3O8. The minimum Gasteiger partial charge on any atom is -0.479 e. The first-order valence-corrected chi connectivity index (χ1v) is 10.5. The van der Waals surface area contributed by atoms with E-state index in [0.717, 1.165) is 7.11 Å². The molecule has 1 saturated carbocycles. The Hall–Kier alpha value is -3.15. The lowest BCUT2D eigenvalue weighted by molar-refractivity contribution is -0.178. The highest BCUT2D eigenvalue weighted by Gasteiger charge is 2.67. The van der Waals surface area contributed by atoms with Crippen molar-refractivity contribution in [3.05, 3.63) is 35.9 Å². The zero-order valence-electron chi connectivity index (χ0n) is 18.6. The van der Waals surface area contributed by atoms with Crippen LogP contribution < -0.4 is 11.5 Å². The first kappa shape index (κ1) is 26.1. The Morgan fingerprint density at radius 2 is 1.88 bits per heavy atom. The molecule has 0 aromatic heterocycles. The van der Waals surface area contributed by atoms with E-state index >= 15 is 0 Å². The van der Waals surface area contributed by atoms with E-state index in [1.165, 1.54) is 6.92 Å². The number of nitrogens with two attached hydrogens (primary N) is 2. The van der Waals surface area contributed by atoms with Crippen molar-refractivity contribution < 1.29 is 38.6 Å². The van der Waals surface area contributed by atoms with Crippen LogP contribution in [0.4, 0.5) is 4.79 Å². The first-order valence-electron chi connectivity index (χ1n) is 10.5. The number of ether oxygens (including phenoxy) is 2. The van der Waals surface area contributed by atoms with Crippen molar-refractivity contribution in [2.45, 2.75) is 50.5 Å². The average Bonchev–Trinajstić information content (AvgIpc) is 2.79. The molecule has 33 heavy (non-hydrogen) atoms. The van der Waals surface area contributed by atoms with Crippen LogP contribution >= 0.6 is 0 Å². The maximum absolute atomic E-state index is 13.5. The summed E-state index contributed by atoms with van der Waals surface area (Å²) in [5, 5.41) is 10.3. The van der Waals surface area contributed by atoms with Gasteiger partial charge in [0.25, 0.3) is 0 Å². The Balaban J connectivity index is 2.64. The largest absolute Gasteiger partial charge is 0.479 e. The van der Waals surface area contributed by atoms with Crippen LogP contribution in [0.5, 0.6) is 0 Å². The first-order chi connectivity index (χ1) is 15.6. The van der Waals surface area contributed by atoms with Gasteiger partial charge in [0.15, 0.2) is 5.78 Å². The fourth-order valence-electron chi connectivity index (χ4n) is 3.96. The molecule has 0 saturated heterocycles. The van der Waals surface area contributed by atoms with Crippen LogP contribution in [-0.4, -0.2) is 70.9 Å². The van der Waals surface area contributed by atoms with Crippen molar-refractivity contribution in [2.24, 2.45) is 17.4 Å². The van der Waals surface area contributed by atoms with Crippen molar-refractivity contribution in [1.82, 2.24) is 4.90 Å². The Morgan fingerprint density at radius 1 is 1.24 bits per heavy atom. The number of ketones is 2. The van der Waals surface area contributed by atoms with Gasteiger partial charge >= 0.3 is 12.1 Å². The molecule has 0 radical (unpaired) electrons. The smallest absolute Gasteiger partial charge is 0.418 e. The number of nitrogens with zero attached hydrogens (tertiary/aromatic N) is 1. The van der Waals surface area contributed by atoms with Gasteiger partial charge in [-0.3, -0.25) is 14.4 Å². The number of rotatable bonds is 9. The third kappa shape index (κ3) is 5.10. The molecule has 0 heterocycles. The second-order valence-corrected chi connectivity index (χ2v) is 7.82. The van der Waals surface area contributed by atoms with Crippen LogP contribution in [0.25, 0.3) is 0 Å². The zero-order valence-corrected chi connectivity index (χ0v) is 18.6. The van der Waals surface area contributed by atoms with Crippen LogP contribution in [0, 0.1) is 5.92 Å². The summed E-state index contributed by atoms with van der Waals surface area (Å²) in [5.74, 6) is -6.31. The number of methoxy groups -OCH3 is 1. The number of benzene rings is 1. The van der Waals surface area contributed by atoms with Crippen molar-refractivity contribution >= 4 is 29.5 Å². The SMILES string of the molecule is COC1CC(=O)C(CCCN)[C@@](C(=O)O)(N(C(=O)OCc2ccccc2)C(=O)[C@H](C)N)C1=O. The second kappa shape index (κ2) is 11.1. The van der Waals surface area contributed by atoms with E-state index in [9.17, 15) is 29.1 Å². The predicted molar refractivity (Wildman–Crippen MR) is 115 cm³/mol. The van der Waals surface area contributed by atoms with Gasteiger partial charge < -0.3 is 26.0 Å². The van der Waals surface area contributed by atoms with Gasteiger partial charge in [-0.25, -0.2) is 14.5 Å². The molecule has 2 unspecified atom stereocenters. The molecule has 0 aliphatic heterocycles. The topological polar surface area (TPSA) is 179 Å². The maximum Gasteiger partial charge on any atom is 0.418 e. The molecule has 2 amide bonds. The molecule has 1 aliphatic rings. The van der Waals surface area contributed by atoms with Gasteiger partial charge in [0.2, 0.25) is 11.4 Å². The fourth-order valence-corrected chi connectivity index (χ4v) is 3.96. The molecular weight excluding hydrogens is 434 g/mol. The number of imide groups is 1.